The summed E-state index contributed by atoms with van der Waals surface area (Å²) in [5.74, 6) is -2.43. The molecule has 1 aliphatic rings. The third kappa shape index (κ3) is 3.69. The van der Waals surface area contributed by atoms with Gasteiger partial charge in [-0.05, 0) is 39.8 Å². The number of allylic oxidation sites excluding steroid dienone is 1. The van der Waals surface area contributed by atoms with Crippen molar-refractivity contribution in [2.75, 3.05) is 0 Å². The minimum Gasteiger partial charge on any atom is -0.293 e. The quantitative estimate of drug-likeness (QED) is 0.185. The Morgan fingerprint density at radius 1 is 0.615 bits per heavy atom. The van der Waals surface area contributed by atoms with E-state index in [4.69, 9.17) is 4.98 Å². The van der Waals surface area contributed by atoms with Crippen LogP contribution in [0, 0.1) is 5.92 Å². The van der Waals surface area contributed by atoms with E-state index in [9.17, 15) is 14.4 Å². The first-order valence-corrected chi connectivity index (χ1v) is 12.8. The van der Waals surface area contributed by atoms with Crippen LogP contribution in [0.15, 0.2) is 121 Å². The zero-order valence-corrected chi connectivity index (χ0v) is 20.8. The number of ketones is 3. The van der Waals surface area contributed by atoms with Crippen molar-refractivity contribution < 1.29 is 14.4 Å². The molecule has 5 aromatic carbocycles. The second kappa shape index (κ2) is 8.96. The Bertz CT molecular complexity index is 2030. The molecular weight excluding hydrogens is 482 g/mol. The number of hydrogen-bond acceptors (Lipinski definition) is 4. The number of nitrogens with zero attached hydrogens (tertiary/aromatic N) is 1. The maximum atomic E-state index is 14.3. The molecule has 4 nitrogen and oxygen atoms in total. The van der Waals surface area contributed by atoms with Crippen LogP contribution in [0.3, 0.4) is 0 Å². The molecule has 1 aliphatic carbocycles. The molecule has 1 heterocycles. The molecule has 1 unspecified atom stereocenters. The fourth-order valence-electron chi connectivity index (χ4n) is 5.60. The van der Waals surface area contributed by atoms with Gasteiger partial charge in [-0.15, -0.1) is 0 Å². The first-order valence-electron chi connectivity index (χ1n) is 12.8. The van der Waals surface area contributed by atoms with Gasteiger partial charge in [0, 0.05) is 27.6 Å². The van der Waals surface area contributed by atoms with Gasteiger partial charge >= 0.3 is 0 Å². The molecule has 39 heavy (non-hydrogen) atoms. The molecule has 1 aromatic heterocycles. The number of Topliss-reactive ketones (excluding diaryl/α,β-unsaturated/α-hetero) is 3. The molecule has 0 fully saturated rings. The summed E-state index contributed by atoms with van der Waals surface area (Å²) in [6, 6.07) is 35.5. The van der Waals surface area contributed by atoms with E-state index in [0.717, 1.165) is 32.4 Å². The average Bonchev–Trinajstić information content (AvgIpc) is 2.99. The Morgan fingerprint density at radius 3 is 1.90 bits per heavy atom. The highest BCUT2D eigenvalue weighted by Gasteiger charge is 2.40. The SMILES string of the molecule is O=C(C1=Cc2nc3ccccc3cc2C(=O)C1C(=O)c1cccc2ccccc12)c1cccc2ccccc12. The molecule has 6 aromatic rings. The Hall–Kier alpha value is -5.22. The fourth-order valence-corrected chi connectivity index (χ4v) is 5.60. The number of hydrogen-bond donors (Lipinski definition) is 0. The van der Waals surface area contributed by atoms with E-state index >= 15 is 0 Å². The molecule has 1 atom stereocenters. The molecule has 0 spiro atoms. The molecule has 184 valence electrons. The van der Waals surface area contributed by atoms with Crippen LogP contribution in [0.5, 0.6) is 0 Å². The number of pyridine rings is 1. The summed E-state index contributed by atoms with van der Waals surface area (Å²) in [5, 5.41) is 4.13. The number of para-hydroxylation sites is 1. The summed E-state index contributed by atoms with van der Waals surface area (Å²) in [4.78, 5) is 47.4. The van der Waals surface area contributed by atoms with Crippen LogP contribution in [0.25, 0.3) is 38.5 Å². The standard InChI is InChI=1S/C35H21NO3/c37-33(26-16-7-12-21-9-1-4-14-24(21)26)29-20-31-28(19-23-11-3-6-18-30(23)36-31)35(39)32(29)34(38)27-17-8-13-22-10-2-5-15-25(22)27/h1-20,32H. The van der Waals surface area contributed by atoms with Crippen LogP contribution in [0.1, 0.15) is 36.8 Å². The van der Waals surface area contributed by atoms with E-state index in [0.29, 0.717) is 22.4 Å². The third-order valence-corrected chi connectivity index (χ3v) is 7.50. The van der Waals surface area contributed by atoms with Crippen molar-refractivity contribution in [3.05, 3.63) is 143 Å². The molecule has 0 saturated heterocycles. The molecule has 0 amide bonds. The van der Waals surface area contributed by atoms with E-state index in [1.807, 2.05) is 97.1 Å². The second-order valence-corrected chi connectivity index (χ2v) is 9.76. The number of carbonyl (C=O) groups excluding carboxylic acids is 3. The van der Waals surface area contributed by atoms with Gasteiger partial charge in [-0.25, -0.2) is 4.98 Å². The van der Waals surface area contributed by atoms with Crippen molar-refractivity contribution in [1.29, 1.82) is 0 Å². The predicted octanol–water partition coefficient (Wildman–Crippen LogP) is 7.50. The van der Waals surface area contributed by atoms with Gasteiger partial charge in [0.25, 0.3) is 0 Å². The smallest absolute Gasteiger partial charge is 0.190 e. The molecule has 0 aliphatic heterocycles. The minimum absolute atomic E-state index is 0.143. The van der Waals surface area contributed by atoms with Crippen molar-refractivity contribution >= 4 is 55.9 Å². The summed E-state index contributed by atoms with van der Waals surface area (Å²) in [6.07, 6.45) is 1.64. The number of carbonyl (C=O) groups is 3. The Balaban J connectivity index is 1.46. The zero-order valence-electron chi connectivity index (χ0n) is 20.8. The summed E-state index contributed by atoms with van der Waals surface area (Å²) in [7, 11) is 0. The molecule has 4 heteroatoms. The van der Waals surface area contributed by atoms with Gasteiger partial charge in [-0.1, -0.05) is 103 Å². The molecule has 0 radical (unpaired) electrons. The maximum absolute atomic E-state index is 14.3. The Kier molecular flexibility index (Phi) is 5.27. The summed E-state index contributed by atoms with van der Waals surface area (Å²) >= 11 is 0. The van der Waals surface area contributed by atoms with Crippen LogP contribution < -0.4 is 0 Å². The fraction of sp³-hybridized carbons (Fsp3) is 0.0286. The van der Waals surface area contributed by atoms with Crippen molar-refractivity contribution in [3.8, 4) is 0 Å². The lowest BCUT2D eigenvalue weighted by atomic mass is 9.76. The van der Waals surface area contributed by atoms with Crippen molar-refractivity contribution in [1.82, 2.24) is 4.98 Å². The summed E-state index contributed by atoms with van der Waals surface area (Å²) < 4.78 is 0. The van der Waals surface area contributed by atoms with Crippen LogP contribution in [-0.2, 0) is 0 Å². The molecule has 7 rings (SSSR count). The van der Waals surface area contributed by atoms with E-state index in [2.05, 4.69) is 0 Å². The van der Waals surface area contributed by atoms with Gasteiger partial charge in [0.15, 0.2) is 17.3 Å². The predicted molar refractivity (Wildman–Crippen MR) is 154 cm³/mol. The monoisotopic (exact) mass is 503 g/mol. The van der Waals surface area contributed by atoms with Gasteiger partial charge in [0.05, 0.1) is 11.2 Å². The molecule has 0 saturated carbocycles. The molecule has 0 bridgehead atoms. The van der Waals surface area contributed by atoms with Gasteiger partial charge in [0.1, 0.15) is 5.92 Å². The molecule has 0 N–H and O–H groups in total. The number of fused-ring (bicyclic) bond motifs is 4. The maximum Gasteiger partial charge on any atom is 0.190 e. The minimum atomic E-state index is -1.28. The largest absolute Gasteiger partial charge is 0.293 e. The van der Waals surface area contributed by atoms with Gasteiger partial charge in [0.2, 0.25) is 0 Å². The highest BCUT2D eigenvalue weighted by atomic mass is 16.2. The first kappa shape index (κ1) is 22.9. The third-order valence-electron chi connectivity index (χ3n) is 7.50. The lowest BCUT2D eigenvalue weighted by Gasteiger charge is -2.24. The van der Waals surface area contributed by atoms with Crippen LogP contribution in [-0.4, -0.2) is 22.3 Å². The highest BCUT2D eigenvalue weighted by Crippen LogP contribution is 2.36. The van der Waals surface area contributed by atoms with E-state index < -0.39 is 17.5 Å². The summed E-state index contributed by atoms with van der Waals surface area (Å²) in [6.45, 7) is 0. The lowest BCUT2D eigenvalue weighted by molar-refractivity contribution is 0.0809. The Morgan fingerprint density at radius 2 is 1.18 bits per heavy atom. The number of aromatic nitrogens is 1. The Labute approximate surface area is 224 Å². The normalized spacial score (nSPS) is 14.8. The number of benzene rings is 5. The van der Waals surface area contributed by atoms with Crippen molar-refractivity contribution in [2.45, 2.75) is 0 Å². The van der Waals surface area contributed by atoms with Crippen LogP contribution >= 0.6 is 0 Å². The topological polar surface area (TPSA) is 64.1 Å². The van der Waals surface area contributed by atoms with Crippen LogP contribution in [0.4, 0.5) is 0 Å². The van der Waals surface area contributed by atoms with E-state index in [1.54, 1.807) is 24.3 Å². The zero-order chi connectivity index (χ0) is 26.5. The lowest BCUT2D eigenvalue weighted by Crippen LogP contribution is -2.33. The molecular formula is C35H21NO3. The summed E-state index contributed by atoms with van der Waals surface area (Å²) in [5.41, 5.74) is 2.49. The first-order chi connectivity index (χ1) is 19.1. The van der Waals surface area contributed by atoms with Gasteiger partial charge in [-0.3, -0.25) is 14.4 Å². The van der Waals surface area contributed by atoms with E-state index in [1.165, 1.54) is 0 Å². The second-order valence-electron chi connectivity index (χ2n) is 9.76. The average molecular weight is 504 g/mol. The van der Waals surface area contributed by atoms with Gasteiger partial charge in [-0.2, -0.15) is 0 Å². The van der Waals surface area contributed by atoms with Gasteiger partial charge < -0.3 is 0 Å². The van der Waals surface area contributed by atoms with Crippen LogP contribution in [0.2, 0.25) is 0 Å². The highest BCUT2D eigenvalue weighted by molar-refractivity contribution is 6.31. The van der Waals surface area contributed by atoms with Crippen molar-refractivity contribution in [2.24, 2.45) is 5.92 Å². The number of rotatable bonds is 4. The van der Waals surface area contributed by atoms with Crippen molar-refractivity contribution in [3.63, 3.8) is 0 Å². The van der Waals surface area contributed by atoms with E-state index in [-0.39, 0.29) is 11.4 Å².